The summed E-state index contributed by atoms with van der Waals surface area (Å²) < 4.78 is 8.58. The number of anilines is 1. The van der Waals surface area contributed by atoms with Crippen LogP contribution in [0.1, 0.15) is 33.6 Å². The van der Waals surface area contributed by atoms with E-state index in [2.05, 4.69) is 72.5 Å². The van der Waals surface area contributed by atoms with E-state index in [1.807, 2.05) is 12.3 Å². The van der Waals surface area contributed by atoms with Crippen LogP contribution < -0.4 is 4.90 Å². The van der Waals surface area contributed by atoms with Gasteiger partial charge in [0, 0.05) is 36.9 Å². The van der Waals surface area contributed by atoms with Crippen molar-refractivity contribution >= 4 is 16.9 Å². The highest BCUT2D eigenvalue weighted by atomic mass is 16.5. The van der Waals surface area contributed by atoms with E-state index in [1.165, 1.54) is 12.8 Å². The molecule has 0 N–H and O–H groups in total. The lowest BCUT2D eigenvalue weighted by atomic mass is 10.2. The highest BCUT2D eigenvalue weighted by Crippen LogP contribution is 2.31. The van der Waals surface area contributed by atoms with E-state index < -0.39 is 0 Å². The highest BCUT2D eigenvalue weighted by molar-refractivity contribution is 5.80. The van der Waals surface area contributed by atoms with Crippen molar-refractivity contribution in [2.24, 2.45) is 0 Å². The van der Waals surface area contributed by atoms with E-state index in [1.54, 1.807) is 0 Å². The van der Waals surface area contributed by atoms with Gasteiger partial charge in [0.2, 0.25) is 0 Å². The van der Waals surface area contributed by atoms with Crippen molar-refractivity contribution in [1.29, 1.82) is 0 Å². The molecule has 1 aromatic carbocycles. The number of hydrogen-bond donors (Lipinski definition) is 0. The number of aromatic nitrogens is 3. The minimum absolute atomic E-state index is 0.142. The molecule has 2 fully saturated rings. The van der Waals surface area contributed by atoms with Crippen LogP contribution in [0.3, 0.4) is 0 Å². The standard InChI is InChI=1S/C25H33N5O/c1-17-9-10-18(2)30(17)24-12-11-20(13-26-24)25-27-22-7-5-6-8-23(22)29(25)16-21-15-28(4)14-19(3)31-21/h5-8,11-13,17-19,21H,9-10,14-16H2,1-4H3/t17-,18-,19-,21-/m0/s1. The smallest absolute Gasteiger partial charge is 0.142 e. The molecule has 0 bridgehead atoms. The first-order valence-electron chi connectivity index (χ1n) is 11.5. The van der Waals surface area contributed by atoms with Gasteiger partial charge in [-0.2, -0.15) is 0 Å². The second-order valence-corrected chi connectivity index (χ2v) is 9.41. The molecule has 3 aromatic rings. The van der Waals surface area contributed by atoms with Crippen molar-refractivity contribution in [3.63, 3.8) is 0 Å². The van der Waals surface area contributed by atoms with Gasteiger partial charge in [0.05, 0.1) is 29.8 Å². The van der Waals surface area contributed by atoms with Crippen LogP contribution in [0.4, 0.5) is 5.82 Å². The Labute approximate surface area is 184 Å². The van der Waals surface area contributed by atoms with Crippen LogP contribution in [0.5, 0.6) is 0 Å². The molecule has 5 rings (SSSR count). The Morgan fingerprint density at radius 1 is 1.00 bits per heavy atom. The summed E-state index contributed by atoms with van der Waals surface area (Å²) in [4.78, 5) is 14.6. The Morgan fingerprint density at radius 2 is 1.77 bits per heavy atom. The van der Waals surface area contributed by atoms with Crippen LogP contribution in [0.2, 0.25) is 0 Å². The number of likely N-dealkylation sites (N-methyl/N-ethyl adjacent to an activating group) is 1. The number of morpholine rings is 1. The SMILES string of the molecule is C[C@H]1CN(C)C[C@@H](Cn2c(-c3ccc(N4[C@@H](C)CC[C@@H]4C)nc3)nc3ccccc32)O1. The fraction of sp³-hybridized carbons (Fsp3) is 0.520. The number of hydrogen-bond acceptors (Lipinski definition) is 5. The van der Waals surface area contributed by atoms with Crippen LogP contribution >= 0.6 is 0 Å². The summed E-state index contributed by atoms with van der Waals surface area (Å²) in [6.45, 7) is 9.43. The summed E-state index contributed by atoms with van der Waals surface area (Å²) in [7, 11) is 2.17. The Morgan fingerprint density at radius 3 is 2.48 bits per heavy atom. The second kappa shape index (κ2) is 8.24. The second-order valence-electron chi connectivity index (χ2n) is 9.41. The molecule has 0 saturated carbocycles. The third-order valence-electron chi connectivity index (χ3n) is 6.77. The number of fused-ring (bicyclic) bond motifs is 1. The molecule has 31 heavy (non-hydrogen) atoms. The van der Waals surface area contributed by atoms with E-state index >= 15 is 0 Å². The average Bonchev–Trinajstić information content (AvgIpc) is 3.27. The quantitative estimate of drug-likeness (QED) is 0.634. The van der Waals surface area contributed by atoms with Crippen molar-refractivity contribution in [1.82, 2.24) is 19.4 Å². The summed E-state index contributed by atoms with van der Waals surface area (Å²) in [5.41, 5.74) is 3.21. The number of para-hydroxylation sites is 2. The minimum Gasteiger partial charge on any atom is -0.371 e. The van der Waals surface area contributed by atoms with Gasteiger partial charge in [0.1, 0.15) is 11.6 Å². The van der Waals surface area contributed by atoms with Crippen molar-refractivity contribution in [3.8, 4) is 11.4 Å². The molecular formula is C25H33N5O. The molecule has 0 amide bonds. The Bertz CT molecular complexity index is 1030. The number of rotatable bonds is 4. The first-order chi connectivity index (χ1) is 15.0. The maximum atomic E-state index is 6.27. The van der Waals surface area contributed by atoms with Gasteiger partial charge in [-0.25, -0.2) is 9.97 Å². The molecule has 2 saturated heterocycles. The third-order valence-corrected chi connectivity index (χ3v) is 6.77. The largest absolute Gasteiger partial charge is 0.371 e. The molecule has 4 heterocycles. The lowest BCUT2D eigenvalue weighted by Gasteiger charge is -2.35. The van der Waals surface area contributed by atoms with E-state index in [-0.39, 0.29) is 12.2 Å². The van der Waals surface area contributed by atoms with E-state index in [4.69, 9.17) is 14.7 Å². The fourth-order valence-corrected chi connectivity index (χ4v) is 5.38. The van der Waals surface area contributed by atoms with Crippen LogP contribution in [-0.4, -0.2) is 63.9 Å². The zero-order valence-electron chi connectivity index (χ0n) is 19.0. The molecule has 2 aliphatic heterocycles. The molecule has 164 valence electrons. The van der Waals surface area contributed by atoms with Crippen LogP contribution in [-0.2, 0) is 11.3 Å². The Kier molecular flexibility index (Phi) is 5.44. The summed E-state index contributed by atoms with van der Waals surface area (Å²) in [6.07, 6.45) is 4.83. The lowest BCUT2D eigenvalue weighted by Crippen LogP contribution is -2.46. The van der Waals surface area contributed by atoms with Crippen molar-refractivity contribution < 1.29 is 4.74 Å². The topological polar surface area (TPSA) is 46.4 Å². The molecule has 6 heteroatoms. The molecule has 0 aliphatic carbocycles. The molecule has 0 spiro atoms. The van der Waals surface area contributed by atoms with Gasteiger partial charge in [-0.15, -0.1) is 0 Å². The molecule has 2 aromatic heterocycles. The zero-order chi connectivity index (χ0) is 21.5. The van der Waals surface area contributed by atoms with Crippen molar-refractivity contribution in [2.75, 3.05) is 25.0 Å². The van der Waals surface area contributed by atoms with Crippen LogP contribution in [0, 0.1) is 0 Å². The molecule has 2 aliphatic rings. The van der Waals surface area contributed by atoms with Crippen LogP contribution in [0.25, 0.3) is 22.4 Å². The average molecular weight is 420 g/mol. The molecule has 0 unspecified atom stereocenters. The Hall–Kier alpha value is -2.44. The fourth-order valence-electron chi connectivity index (χ4n) is 5.38. The number of benzene rings is 1. The highest BCUT2D eigenvalue weighted by Gasteiger charge is 2.29. The van der Waals surface area contributed by atoms with Gasteiger partial charge in [-0.1, -0.05) is 12.1 Å². The van der Waals surface area contributed by atoms with Crippen molar-refractivity contribution in [3.05, 3.63) is 42.6 Å². The van der Waals surface area contributed by atoms with Crippen molar-refractivity contribution in [2.45, 2.75) is 64.4 Å². The van der Waals surface area contributed by atoms with Gasteiger partial charge >= 0.3 is 0 Å². The van der Waals surface area contributed by atoms with Gasteiger partial charge < -0.3 is 19.1 Å². The van der Waals surface area contributed by atoms with Gasteiger partial charge in [0.25, 0.3) is 0 Å². The van der Waals surface area contributed by atoms with E-state index in [0.717, 1.165) is 47.9 Å². The lowest BCUT2D eigenvalue weighted by molar-refractivity contribution is -0.0752. The first kappa shape index (κ1) is 20.5. The summed E-state index contributed by atoms with van der Waals surface area (Å²) in [5.74, 6) is 2.03. The normalized spacial score (nSPS) is 27.3. The maximum absolute atomic E-state index is 6.27. The number of nitrogens with zero attached hydrogens (tertiary/aromatic N) is 5. The molecule has 0 radical (unpaired) electrons. The van der Waals surface area contributed by atoms with E-state index in [0.29, 0.717) is 12.1 Å². The first-order valence-corrected chi connectivity index (χ1v) is 11.5. The van der Waals surface area contributed by atoms with E-state index in [9.17, 15) is 0 Å². The summed E-state index contributed by atoms with van der Waals surface area (Å²) >= 11 is 0. The predicted octanol–water partition coefficient (Wildman–Crippen LogP) is 4.19. The third kappa shape index (κ3) is 3.94. The molecule has 6 nitrogen and oxygen atoms in total. The summed E-state index contributed by atoms with van der Waals surface area (Å²) in [6, 6.07) is 13.8. The molecular weight excluding hydrogens is 386 g/mol. The molecule has 4 atom stereocenters. The number of imidazole rings is 1. The van der Waals surface area contributed by atoms with Crippen LogP contribution in [0.15, 0.2) is 42.6 Å². The zero-order valence-corrected chi connectivity index (χ0v) is 19.0. The Balaban J connectivity index is 1.49. The summed E-state index contributed by atoms with van der Waals surface area (Å²) in [5, 5.41) is 0. The van der Waals surface area contributed by atoms with Gasteiger partial charge in [0.15, 0.2) is 0 Å². The number of pyridine rings is 1. The predicted molar refractivity (Wildman–Crippen MR) is 125 cm³/mol. The number of ether oxygens (including phenoxy) is 1. The monoisotopic (exact) mass is 419 g/mol. The van der Waals surface area contributed by atoms with Gasteiger partial charge in [-0.3, -0.25) is 0 Å². The maximum Gasteiger partial charge on any atom is 0.142 e. The van der Waals surface area contributed by atoms with Gasteiger partial charge in [-0.05, 0) is 64.9 Å². The minimum atomic E-state index is 0.142.